The van der Waals surface area contributed by atoms with Crippen molar-refractivity contribution in [1.29, 1.82) is 0 Å². The van der Waals surface area contributed by atoms with Gasteiger partial charge in [0.15, 0.2) is 0 Å². The predicted molar refractivity (Wildman–Crippen MR) is 171 cm³/mol. The van der Waals surface area contributed by atoms with E-state index in [2.05, 4.69) is 6.92 Å². The molecule has 5 nitrogen and oxygen atoms in total. The van der Waals surface area contributed by atoms with Crippen LogP contribution in [0, 0.1) is 0 Å². The van der Waals surface area contributed by atoms with Gasteiger partial charge in [-0.15, -0.1) is 0 Å². The minimum Gasteiger partial charge on any atom is -0.759 e. The summed E-state index contributed by atoms with van der Waals surface area (Å²) in [7, 11) is -5.17. The van der Waals surface area contributed by atoms with E-state index < -0.39 is 10.4 Å². The van der Waals surface area contributed by atoms with Crippen molar-refractivity contribution < 1.29 is 81.7 Å². The van der Waals surface area contributed by atoms with Crippen molar-refractivity contribution in [2.24, 2.45) is 0 Å². The Morgan fingerprint density at radius 2 is 0.476 bits per heavy atom. The Hall–Kier alpha value is 1.83. The normalized spacial score (nSPS) is 11.0. The molecule has 0 rings (SSSR count). The third-order valence-corrected chi connectivity index (χ3v) is 8.01. The van der Waals surface area contributed by atoms with E-state index in [-0.39, 0.29) is 59.1 Å². The third kappa shape index (κ3) is 60.9. The molecule has 0 fully saturated rings. The minimum absolute atomic E-state index is 0. The third-order valence-electron chi connectivity index (χ3n) is 8.01. The van der Waals surface area contributed by atoms with Crippen LogP contribution < -0.4 is 59.1 Å². The molecule has 0 saturated heterocycles. The van der Waals surface area contributed by atoms with Gasteiger partial charge in [0.2, 0.25) is 0 Å². The number of unbranched alkanes of at least 4 members (excludes halogenated alkanes) is 31. The largest absolute Gasteiger partial charge is 1.00 e. The van der Waals surface area contributed by atoms with Crippen LogP contribution >= 0.6 is 0 Å². The Morgan fingerprint density at radius 1 is 0.357 bits per heavy atom. The van der Waals surface area contributed by atoms with Crippen molar-refractivity contribution in [2.45, 2.75) is 212 Å². The Balaban J connectivity index is -0.000000943. The van der Waals surface area contributed by atoms with E-state index in [1.54, 1.807) is 0 Å². The van der Waals surface area contributed by atoms with Crippen molar-refractivity contribution in [1.82, 2.24) is 0 Å². The monoisotopic (exact) mass is 636 g/mol. The summed E-state index contributed by atoms with van der Waals surface area (Å²) < 4.78 is 34.1. The molecule has 244 valence electrons. The van der Waals surface area contributed by atoms with E-state index in [9.17, 15) is 0 Å². The molecule has 0 saturated carbocycles. The standard InChI is InChI=1S/C34H70O.2Na.H2O4S/c1-2-3-4-5-6-7-8-9-10-11-12-13-14-15-16-17-18-19-20-21-22-23-24-25-26-27-28-29-30-31-32-33-34-35;;;1-5(2,3)4/h35H,2-34H2,1H3;;;(H2,1,2,3,4)/q;2*+1;/p-2. The van der Waals surface area contributed by atoms with Crippen LogP contribution in [-0.2, 0) is 10.4 Å². The van der Waals surface area contributed by atoms with Gasteiger partial charge in [0.05, 0.1) is 0 Å². The van der Waals surface area contributed by atoms with Gasteiger partial charge in [0.1, 0.15) is 0 Å². The Bertz CT molecular complexity index is 510. The molecule has 0 amide bonds. The zero-order valence-corrected chi connectivity index (χ0v) is 33.6. The van der Waals surface area contributed by atoms with Crippen molar-refractivity contribution in [2.75, 3.05) is 6.61 Å². The van der Waals surface area contributed by atoms with Crippen LogP contribution in [0.1, 0.15) is 212 Å². The fraction of sp³-hybridized carbons (Fsp3) is 1.00. The first-order valence-electron chi connectivity index (χ1n) is 17.7. The van der Waals surface area contributed by atoms with Crippen LogP contribution in [0.3, 0.4) is 0 Å². The average Bonchev–Trinajstić information content (AvgIpc) is 2.91. The fourth-order valence-corrected chi connectivity index (χ4v) is 5.49. The molecular weight excluding hydrogens is 566 g/mol. The molecule has 0 heterocycles. The van der Waals surface area contributed by atoms with Crippen LogP contribution in [0.15, 0.2) is 0 Å². The number of rotatable bonds is 32. The predicted octanol–water partition coefficient (Wildman–Crippen LogP) is 5.15. The van der Waals surface area contributed by atoms with Crippen molar-refractivity contribution >= 4 is 10.4 Å². The maximum absolute atomic E-state index is 8.78. The Labute approximate surface area is 308 Å². The second-order valence-corrected chi connectivity index (χ2v) is 12.9. The van der Waals surface area contributed by atoms with Crippen LogP contribution in [0.5, 0.6) is 0 Å². The van der Waals surface area contributed by atoms with Gasteiger partial charge in [-0.05, 0) is 6.42 Å². The van der Waals surface area contributed by atoms with E-state index in [0.29, 0.717) is 6.61 Å². The SMILES string of the molecule is CCCCCCCCCCCCCCCCCCCCCCCCCCCCCCCCCCO.O=S(=O)([O-])[O-].[Na+].[Na+]. The molecule has 0 spiro atoms. The van der Waals surface area contributed by atoms with Gasteiger partial charge in [0, 0.05) is 17.0 Å². The van der Waals surface area contributed by atoms with Crippen LogP contribution in [0.25, 0.3) is 0 Å². The summed E-state index contributed by atoms with van der Waals surface area (Å²) in [5, 5.41) is 8.78. The summed E-state index contributed by atoms with van der Waals surface area (Å²) in [5.41, 5.74) is 0. The molecule has 8 heteroatoms. The Morgan fingerprint density at radius 3 is 0.595 bits per heavy atom. The van der Waals surface area contributed by atoms with E-state index in [1.165, 1.54) is 199 Å². The van der Waals surface area contributed by atoms with Crippen LogP contribution in [0.4, 0.5) is 0 Å². The first kappa shape index (κ1) is 50.7. The minimum atomic E-state index is -5.17. The molecule has 1 N–H and O–H groups in total. The summed E-state index contributed by atoms with van der Waals surface area (Å²) in [6.45, 7) is 2.68. The van der Waals surface area contributed by atoms with Crippen molar-refractivity contribution in [3.05, 3.63) is 0 Å². The zero-order valence-electron chi connectivity index (χ0n) is 28.8. The molecule has 0 aromatic rings. The van der Waals surface area contributed by atoms with Crippen molar-refractivity contribution in [3.63, 3.8) is 0 Å². The van der Waals surface area contributed by atoms with Gasteiger partial charge in [-0.1, -0.05) is 206 Å². The smallest absolute Gasteiger partial charge is 0.759 e. The number of hydrogen-bond acceptors (Lipinski definition) is 5. The van der Waals surface area contributed by atoms with Gasteiger partial charge in [-0.3, -0.25) is 8.42 Å². The number of aliphatic hydroxyl groups is 1. The maximum atomic E-state index is 8.78. The summed E-state index contributed by atoms with van der Waals surface area (Å²) >= 11 is 0. The number of hydrogen-bond donors (Lipinski definition) is 1. The van der Waals surface area contributed by atoms with Gasteiger partial charge in [-0.2, -0.15) is 0 Å². The molecule has 0 aliphatic heterocycles. The second kappa shape index (κ2) is 45.0. The molecule has 0 atom stereocenters. The Kier molecular flexibility index (Phi) is 54.2. The molecule has 0 aliphatic rings. The molecule has 42 heavy (non-hydrogen) atoms. The van der Waals surface area contributed by atoms with E-state index in [0.717, 1.165) is 6.42 Å². The first-order valence-corrected chi connectivity index (χ1v) is 19.0. The topological polar surface area (TPSA) is 100 Å². The molecule has 0 unspecified atom stereocenters. The van der Waals surface area contributed by atoms with Crippen molar-refractivity contribution in [3.8, 4) is 0 Å². The average molecular weight is 637 g/mol. The molecule has 0 radical (unpaired) electrons. The molecule has 0 aliphatic carbocycles. The van der Waals surface area contributed by atoms with Gasteiger partial charge in [-0.25, -0.2) is 0 Å². The zero-order chi connectivity index (χ0) is 29.8. The fourth-order valence-electron chi connectivity index (χ4n) is 5.49. The first-order chi connectivity index (χ1) is 19.4. The maximum Gasteiger partial charge on any atom is 1.00 e. The van der Waals surface area contributed by atoms with Crippen LogP contribution in [0.2, 0.25) is 0 Å². The van der Waals surface area contributed by atoms with Gasteiger partial charge in [0.25, 0.3) is 0 Å². The van der Waals surface area contributed by atoms with Crippen LogP contribution in [-0.4, -0.2) is 29.2 Å². The van der Waals surface area contributed by atoms with Gasteiger partial charge < -0.3 is 14.2 Å². The number of aliphatic hydroxyl groups excluding tert-OH is 1. The van der Waals surface area contributed by atoms with E-state index >= 15 is 0 Å². The summed E-state index contributed by atoms with van der Waals surface area (Å²) in [5.74, 6) is 0. The quantitative estimate of drug-likeness (QED) is 0.0477. The molecule has 0 bridgehead atoms. The summed E-state index contributed by atoms with van der Waals surface area (Å²) in [4.78, 5) is 0. The molecule has 0 aromatic heterocycles. The molecular formula is C34H70Na2O5S. The summed E-state index contributed by atoms with van der Waals surface area (Å²) in [6.07, 6.45) is 46.0. The van der Waals surface area contributed by atoms with E-state index in [4.69, 9.17) is 22.6 Å². The molecule has 0 aromatic carbocycles. The summed E-state index contributed by atoms with van der Waals surface area (Å²) in [6, 6.07) is 0. The second-order valence-electron chi connectivity index (χ2n) is 12.1. The van der Waals surface area contributed by atoms with Gasteiger partial charge >= 0.3 is 59.1 Å². The van der Waals surface area contributed by atoms with E-state index in [1.807, 2.05) is 0 Å².